The second-order valence-electron chi connectivity index (χ2n) is 3.85. The van der Waals surface area contributed by atoms with Crippen LogP contribution in [0.15, 0.2) is 34.7 Å². The Kier molecular flexibility index (Phi) is 3.58. The maximum absolute atomic E-state index is 10.9. The molecule has 1 aromatic heterocycles. The summed E-state index contributed by atoms with van der Waals surface area (Å²) < 4.78 is 5.35. The van der Waals surface area contributed by atoms with Gasteiger partial charge < -0.3 is 14.8 Å². The molecule has 0 aliphatic rings. The summed E-state index contributed by atoms with van der Waals surface area (Å²) in [6.07, 6.45) is 0. The first-order valence-corrected chi connectivity index (χ1v) is 5.76. The fourth-order valence-corrected chi connectivity index (χ4v) is 1.73. The van der Waals surface area contributed by atoms with E-state index in [0.717, 1.165) is 5.69 Å². The highest BCUT2D eigenvalue weighted by molar-refractivity contribution is 6.30. The van der Waals surface area contributed by atoms with E-state index in [2.05, 4.69) is 5.32 Å². The lowest BCUT2D eigenvalue weighted by Crippen LogP contribution is -1.98. The number of nitrogens with one attached hydrogen (secondary N) is 1. The molecule has 4 nitrogen and oxygen atoms in total. The van der Waals surface area contributed by atoms with Crippen molar-refractivity contribution in [1.82, 2.24) is 0 Å². The van der Waals surface area contributed by atoms with E-state index in [1.54, 1.807) is 19.1 Å². The number of aryl methyl sites for hydroxylation is 1. The summed E-state index contributed by atoms with van der Waals surface area (Å²) in [7, 11) is 0. The van der Waals surface area contributed by atoms with E-state index in [1.165, 1.54) is 6.07 Å². The summed E-state index contributed by atoms with van der Waals surface area (Å²) >= 11 is 5.78. The first-order chi connectivity index (χ1) is 8.56. The number of aromatic carboxylic acids is 1. The summed E-state index contributed by atoms with van der Waals surface area (Å²) in [5, 5.41) is 12.7. The Morgan fingerprint density at radius 1 is 1.39 bits per heavy atom. The Hall–Kier alpha value is -1.94. The van der Waals surface area contributed by atoms with Crippen molar-refractivity contribution in [3.63, 3.8) is 0 Å². The zero-order valence-corrected chi connectivity index (χ0v) is 10.5. The molecule has 1 aromatic carbocycles. The van der Waals surface area contributed by atoms with Crippen LogP contribution in [0.5, 0.6) is 0 Å². The average molecular weight is 266 g/mol. The number of hydrogen-bond acceptors (Lipinski definition) is 3. The number of carboxylic acids is 1. The van der Waals surface area contributed by atoms with Crippen LogP contribution in [0.1, 0.15) is 21.9 Å². The molecule has 0 aliphatic heterocycles. The van der Waals surface area contributed by atoms with Gasteiger partial charge in [-0.2, -0.15) is 0 Å². The minimum absolute atomic E-state index is 0.197. The fourth-order valence-electron chi connectivity index (χ4n) is 1.60. The third kappa shape index (κ3) is 2.84. The van der Waals surface area contributed by atoms with Crippen molar-refractivity contribution in [3.8, 4) is 0 Å². The SMILES string of the molecule is Cc1oc(CNc2ccc(Cl)cc2)cc1C(=O)O. The first-order valence-electron chi connectivity index (χ1n) is 5.38. The molecule has 0 fully saturated rings. The number of carbonyl (C=O) groups is 1. The van der Waals surface area contributed by atoms with E-state index in [-0.39, 0.29) is 5.56 Å². The monoisotopic (exact) mass is 265 g/mol. The molecular formula is C13H12ClNO3. The Labute approximate surface area is 109 Å². The minimum atomic E-state index is -0.978. The number of rotatable bonds is 4. The highest BCUT2D eigenvalue weighted by atomic mass is 35.5. The van der Waals surface area contributed by atoms with Crippen LogP contribution in [0, 0.1) is 6.92 Å². The van der Waals surface area contributed by atoms with Crippen LogP contribution < -0.4 is 5.32 Å². The molecule has 0 radical (unpaired) electrons. The van der Waals surface area contributed by atoms with Crippen LogP contribution in [0.3, 0.4) is 0 Å². The fraction of sp³-hybridized carbons (Fsp3) is 0.154. The molecule has 2 N–H and O–H groups in total. The van der Waals surface area contributed by atoms with Crippen LogP contribution in [0.4, 0.5) is 5.69 Å². The van der Waals surface area contributed by atoms with Gasteiger partial charge in [-0.15, -0.1) is 0 Å². The Balaban J connectivity index is 2.04. The van der Waals surface area contributed by atoms with Gasteiger partial charge in [-0.25, -0.2) is 4.79 Å². The molecule has 1 heterocycles. The normalized spacial score (nSPS) is 10.3. The first kappa shape index (κ1) is 12.5. The van der Waals surface area contributed by atoms with Gasteiger partial charge in [0.05, 0.1) is 6.54 Å². The van der Waals surface area contributed by atoms with Crippen molar-refractivity contribution in [1.29, 1.82) is 0 Å². The summed E-state index contributed by atoms with van der Waals surface area (Å²) in [5.41, 5.74) is 1.09. The van der Waals surface area contributed by atoms with Crippen LogP contribution in [0.25, 0.3) is 0 Å². The lowest BCUT2D eigenvalue weighted by atomic mass is 10.2. The number of carboxylic acid groups (broad SMARTS) is 1. The van der Waals surface area contributed by atoms with E-state index < -0.39 is 5.97 Å². The van der Waals surface area contributed by atoms with Crippen LogP contribution in [-0.4, -0.2) is 11.1 Å². The third-order valence-electron chi connectivity index (χ3n) is 2.51. The van der Waals surface area contributed by atoms with Gasteiger partial charge in [0, 0.05) is 10.7 Å². The van der Waals surface area contributed by atoms with Gasteiger partial charge in [-0.3, -0.25) is 0 Å². The molecule has 0 amide bonds. The highest BCUT2D eigenvalue weighted by Crippen LogP contribution is 2.17. The Morgan fingerprint density at radius 3 is 2.61 bits per heavy atom. The van der Waals surface area contributed by atoms with E-state index in [4.69, 9.17) is 21.1 Å². The summed E-state index contributed by atoms with van der Waals surface area (Å²) in [6, 6.07) is 8.77. The molecule has 18 heavy (non-hydrogen) atoms. The molecule has 5 heteroatoms. The standard InChI is InChI=1S/C13H12ClNO3/c1-8-12(13(16)17)6-11(18-8)7-15-10-4-2-9(14)3-5-10/h2-6,15H,7H2,1H3,(H,16,17). The summed E-state index contributed by atoms with van der Waals surface area (Å²) in [5.74, 6) is 0.0178. The third-order valence-corrected chi connectivity index (χ3v) is 2.76. The molecule has 0 atom stereocenters. The lowest BCUT2D eigenvalue weighted by molar-refractivity contribution is 0.0695. The number of hydrogen-bond donors (Lipinski definition) is 2. The Bertz CT molecular complexity index is 560. The van der Waals surface area contributed by atoms with Crippen molar-refractivity contribution < 1.29 is 14.3 Å². The van der Waals surface area contributed by atoms with Gasteiger partial charge in [0.25, 0.3) is 0 Å². The quantitative estimate of drug-likeness (QED) is 0.887. The van der Waals surface area contributed by atoms with Crippen molar-refractivity contribution >= 4 is 23.3 Å². The number of halogens is 1. The second kappa shape index (κ2) is 5.14. The summed E-state index contributed by atoms with van der Waals surface area (Å²) in [6.45, 7) is 2.06. The van der Waals surface area contributed by atoms with Gasteiger partial charge in [-0.1, -0.05) is 11.6 Å². The topological polar surface area (TPSA) is 62.5 Å². The molecule has 0 saturated carbocycles. The summed E-state index contributed by atoms with van der Waals surface area (Å²) in [4.78, 5) is 10.9. The van der Waals surface area contributed by atoms with Gasteiger partial charge >= 0.3 is 5.97 Å². The number of anilines is 1. The Morgan fingerprint density at radius 2 is 2.06 bits per heavy atom. The molecule has 0 bridgehead atoms. The van der Waals surface area contributed by atoms with Crippen molar-refractivity contribution in [2.24, 2.45) is 0 Å². The minimum Gasteiger partial charge on any atom is -0.478 e. The van der Waals surface area contributed by atoms with Gasteiger partial charge in [0.2, 0.25) is 0 Å². The highest BCUT2D eigenvalue weighted by Gasteiger charge is 2.13. The molecule has 94 valence electrons. The van der Waals surface area contributed by atoms with E-state index >= 15 is 0 Å². The molecule has 0 aliphatic carbocycles. The van der Waals surface area contributed by atoms with E-state index in [0.29, 0.717) is 23.1 Å². The van der Waals surface area contributed by atoms with E-state index in [1.807, 2.05) is 12.1 Å². The van der Waals surface area contributed by atoms with Gasteiger partial charge in [0.15, 0.2) is 0 Å². The van der Waals surface area contributed by atoms with Crippen molar-refractivity contribution in [3.05, 3.63) is 52.4 Å². The van der Waals surface area contributed by atoms with Gasteiger partial charge in [0.1, 0.15) is 17.1 Å². The van der Waals surface area contributed by atoms with Crippen LogP contribution in [-0.2, 0) is 6.54 Å². The molecule has 0 spiro atoms. The van der Waals surface area contributed by atoms with Crippen molar-refractivity contribution in [2.75, 3.05) is 5.32 Å². The second-order valence-corrected chi connectivity index (χ2v) is 4.28. The molecular weight excluding hydrogens is 254 g/mol. The zero-order valence-electron chi connectivity index (χ0n) is 9.74. The van der Waals surface area contributed by atoms with E-state index in [9.17, 15) is 4.79 Å². The smallest absolute Gasteiger partial charge is 0.339 e. The molecule has 2 aromatic rings. The van der Waals surface area contributed by atoms with Gasteiger partial charge in [-0.05, 0) is 37.3 Å². The molecule has 0 unspecified atom stereocenters. The largest absolute Gasteiger partial charge is 0.478 e. The number of benzene rings is 1. The molecule has 0 saturated heterocycles. The van der Waals surface area contributed by atoms with Crippen LogP contribution in [0.2, 0.25) is 5.02 Å². The zero-order chi connectivity index (χ0) is 13.1. The molecule has 2 rings (SSSR count). The van der Waals surface area contributed by atoms with Crippen LogP contribution >= 0.6 is 11.6 Å². The lowest BCUT2D eigenvalue weighted by Gasteiger charge is -2.03. The van der Waals surface area contributed by atoms with Crippen molar-refractivity contribution in [2.45, 2.75) is 13.5 Å². The number of furan rings is 1. The maximum Gasteiger partial charge on any atom is 0.339 e. The predicted octanol–water partition coefficient (Wildman–Crippen LogP) is 3.55. The average Bonchev–Trinajstić information content (AvgIpc) is 2.70. The predicted molar refractivity (Wildman–Crippen MR) is 69.2 cm³/mol. The maximum atomic E-state index is 10.9.